The van der Waals surface area contributed by atoms with E-state index >= 15 is 0 Å². The molecule has 0 heterocycles. The van der Waals surface area contributed by atoms with Crippen LogP contribution >= 0.6 is 0 Å². The highest BCUT2D eigenvalue weighted by Crippen LogP contribution is 2.58. The van der Waals surface area contributed by atoms with Crippen LogP contribution < -0.4 is 0 Å². The molecule has 12 heteroatoms. The Morgan fingerprint density at radius 1 is 0.964 bits per heavy atom. The van der Waals surface area contributed by atoms with Gasteiger partial charge >= 0.3 is 23.9 Å². The van der Waals surface area contributed by atoms with E-state index < -0.39 is 45.2 Å². The van der Waals surface area contributed by atoms with Crippen molar-refractivity contribution in [3.8, 4) is 0 Å². The van der Waals surface area contributed by atoms with Crippen molar-refractivity contribution in [2.75, 3.05) is 5.75 Å². The van der Waals surface area contributed by atoms with E-state index in [0.717, 1.165) is 19.3 Å². The molecule has 0 aliphatic heterocycles. The average Bonchev–Trinajstić information content (AvgIpc) is 2.68. The van der Waals surface area contributed by atoms with Crippen molar-refractivity contribution < 1.29 is 48.8 Å². The number of halogens is 6. The minimum atomic E-state index is -6.28. The van der Waals surface area contributed by atoms with Gasteiger partial charge in [0, 0.05) is 0 Å². The fraction of sp³-hybridized carbons (Fsp3) is 0.938. The van der Waals surface area contributed by atoms with Crippen molar-refractivity contribution in [3.63, 3.8) is 0 Å². The van der Waals surface area contributed by atoms with Gasteiger partial charge in [-0.25, -0.2) is 0 Å². The van der Waals surface area contributed by atoms with Crippen LogP contribution in [0.25, 0.3) is 0 Å². The maximum absolute atomic E-state index is 13.4. The summed E-state index contributed by atoms with van der Waals surface area (Å²) in [6, 6.07) is 0. The van der Waals surface area contributed by atoms with Crippen LogP contribution in [0.15, 0.2) is 0 Å². The van der Waals surface area contributed by atoms with Crippen LogP contribution in [0.4, 0.5) is 26.3 Å². The van der Waals surface area contributed by atoms with Crippen LogP contribution in [0.1, 0.15) is 44.9 Å². The number of alkyl halides is 6. The van der Waals surface area contributed by atoms with Crippen molar-refractivity contribution in [3.05, 3.63) is 0 Å². The summed E-state index contributed by atoms with van der Waals surface area (Å²) in [6.45, 7) is 0. The predicted molar refractivity (Wildman–Crippen MR) is 82.6 cm³/mol. The van der Waals surface area contributed by atoms with E-state index in [-0.39, 0.29) is 37.0 Å². The van der Waals surface area contributed by atoms with E-state index in [1.165, 1.54) is 0 Å². The van der Waals surface area contributed by atoms with Gasteiger partial charge < -0.3 is 4.74 Å². The average molecular weight is 438 g/mol. The summed E-state index contributed by atoms with van der Waals surface area (Å²) in [5, 5.41) is 0. The molecule has 4 rings (SSSR count). The summed E-state index contributed by atoms with van der Waals surface area (Å²) in [6.07, 6.45) is -9.34. The Labute approximate surface area is 157 Å². The first-order chi connectivity index (χ1) is 12.6. The monoisotopic (exact) mass is 438 g/mol. The van der Waals surface area contributed by atoms with Crippen LogP contribution in [0, 0.1) is 23.2 Å². The van der Waals surface area contributed by atoms with Gasteiger partial charge in [-0.1, -0.05) is 0 Å². The second-order valence-electron chi connectivity index (χ2n) is 8.47. The van der Waals surface area contributed by atoms with Gasteiger partial charge in [0.2, 0.25) is 0 Å². The number of ether oxygens (including phenoxy) is 1. The molecule has 5 nitrogen and oxygen atoms in total. The maximum Gasteiger partial charge on any atom is 0.438 e. The Balaban J connectivity index is 1.99. The minimum Gasteiger partial charge on any atom is -0.438 e. The van der Waals surface area contributed by atoms with E-state index in [1.54, 1.807) is 0 Å². The van der Waals surface area contributed by atoms with Gasteiger partial charge in [-0.2, -0.15) is 34.8 Å². The van der Waals surface area contributed by atoms with Gasteiger partial charge in [0.1, 0.15) is 5.75 Å². The van der Waals surface area contributed by atoms with Crippen molar-refractivity contribution in [2.24, 2.45) is 23.2 Å². The zero-order valence-electron chi connectivity index (χ0n) is 14.6. The highest BCUT2D eigenvalue weighted by atomic mass is 32.2. The van der Waals surface area contributed by atoms with Gasteiger partial charge in [-0.15, -0.1) is 0 Å². The quantitative estimate of drug-likeness (QED) is 0.409. The molecule has 4 saturated carbocycles. The standard InChI is InChI=1S/C16H20F6O5S/c17-15(18,19)14(16(20,21)22,8-28(24,25)26)27-12(23)13-2-1-9-3-10(6-13)5-11(4-9)7-13/h9-11H,1-8H2,(H,24,25,26). The van der Waals surface area contributed by atoms with Crippen molar-refractivity contribution in [1.82, 2.24) is 0 Å². The first-order valence-electron chi connectivity index (χ1n) is 8.89. The van der Waals surface area contributed by atoms with Crippen LogP contribution in [0.5, 0.6) is 0 Å². The zero-order valence-corrected chi connectivity index (χ0v) is 15.5. The van der Waals surface area contributed by atoms with Crippen LogP contribution in [0.2, 0.25) is 0 Å². The molecule has 4 fully saturated rings. The lowest BCUT2D eigenvalue weighted by atomic mass is 9.61. The number of hydrogen-bond donors (Lipinski definition) is 1. The maximum atomic E-state index is 13.4. The van der Waals surface area contributed by atoms with E-state index in [4.69, 9.17) is 4.55 Å². The van der Waals surface area contributed by atoms with Crippen molar-refractivity contribution >= 4 is 16.1 Å². The van der Waals surface area contributed by atoms with Gasteiger partial charge in [0.25, 0.3) is 10.1 Å². The van der Waals surface area contributed by atoms with Gasteiger partial charge in [-0.05, 0) is 62.7 Å². The molecule has 0 radical (unpaired) electrons. The Bertz CT molecular complexity index is 716. The Hall–Kier alpha value is -1.04. The summed E-state index contributed by atoms with van der Waals surface area (Å²) in [5.41, 5.74) is -6.80. The molecule has 162 valence electrons. The smallest absolute Gasteiger partial charge is 0.438 e. The molecule has 0 amide bonds. The van der Waals surface area contributed by atoms with E-state index in [9.17, 15) is 39.6 Å². The van der Waals surface area contributed by atoms with E-state index in [2.05, 4.69) is 4.74 Å². The molecule has 28 heavy (non-hydrogen) atoms. The van der Waals surface area contributed by atoms with Crippen LogP contribution in [-0.4, -0.2) is 42.6 Å². The first-order valence-corrected chi connectivity index (χ1v) is 10.5. The highest BCUT2D eigenvalue weighted by molar-refractivity contribution is 7.85. The summed E-state index contributed by atoms with van der Waals surface area (Å²) < 4.78 is 115. The van der Waals surface area contributed by atoms with E-state index in [0.29, 0.717) is 6.42 Å². The number of rotatable bonds is 4. The zero-order chi connectivity index (χ0) is 21.2. The number of carbonyl (C=O) groups is 1. The van der Waals surface area contributed by atoms with Crippen LogP contribution in [-0.2, 0) is 19.6 Å². The predicted octanol–water partition coefficient (Wildman–Crippen LogP) is 3.89. The number of esters is 1. The fourth-order valence-electron chi connectivity index (χ4n) is 5.41. The minimum absolute atomic E-state index is 0.0281. The SMILES string of the molecule is O=C(OC(CS(=O)(=O)O)(C(F)(F)F)C(F)(F)F)C12CCC3CC(CC(C3)C1)C2. The third kappa shape index (κ3) is 3.73. The summed E-state index contributed by atoms with van der Waals surface area (Å²) >= 11 is 0. The van der Waals surface area contributed by atoms with Crippen molar-refractivity contribution in [2.45, 2.75) is 62.9 Å². The van der Waals surface area contributed by atoms with Gasteiger partial charge in [0.05, 0.1) is 5.41 Å². The molecule has 4 aliphatic rings. The lowest BCUT2D eigenvalue weighted by Crippen LogP contribution is -2.64. The molecular formula is C16H20F6O5S. The molecule has 4 aliphatic carbocycles. The molecule has 0 spiro atoms. The fourth-order valence-corrected chi connectivity index (χ4v) is 6.31. The Kier molecular flexibility index (Phi) is 5.01. The van der Waals surface area contributed by atoms with Crippen molar-refractivity contribution in [1.29, 1.82) is 0 Å². The largest absolute Gasteiger partial charge is 0.438 e. The first kappa shape index (κ1) is 21.7. The molecule has 0 aromatic heterocycles. The number of hydrogen-bond acceptors (Lipinski definition) is 4. The van der Waals surface area contributed by atoms with E-state index in [1.807, 2.05) is 0 Å². The second kappa shape index (κ2) is 6.48. The molecule has 2 atom stereocenters. The number of fused-ring (bicyclic) bond motifs is 1. The summed E-state index contributed by atoms with van der Waals surface area (Å²) in [4.78, 5) is 12.7. The lowest BCUT2D eigenvalue weighted by Gasteiger charge is -2.45. The van der Waals surface area contributed by atoms with Crippen LogP contribution in [0.3, 0.4) is 0 Å². The molecular weight excluding hydrogens is 418 g/mol. The summed E-state index contributed by atoms with van der Waals surface area (Å²) in [5.74, 6) is -4.16. The number of carbonyl (C=O) groups excluding carboxylic acids is 1. The van der Waals surface area contributed by atoms with Gasteiger partial charge in [0.15, 0.2) is 0 Å². The molecule has 0 aromatic rings. The second-order valence-corrected chi connectivity index (χ2v) is 9.92. The molecule has 0 aromatic carbocycles. The third-order valence-corrected chi connectivity index (χ3v) is 7.16. The topological polar surface area (TPSA) is 80.7 Å². The Morgan fingerprint density at radius 2 is 1.43 bits per heavy atom. The Morgan fingerprint density at radius 3 is 1.86 bits per heavy atom. The summed E-state index contributed by atoms with van der Waals surface area (Å²) in [7, 11) is -5.77. The molecule has 2 unspecified atom stereocenters. The molecule has 1 N–H and O–H groups in total. The highest BCUT2D eigenvalue weighted by Gasteiger charge is 2.76. The lowest BCUT2D eigenvalue weighted by molar-refractivity contribution is -0.363. The molecule has 4 bridgehead atoms. The van der Waals surface area contributed by atoms with Gasteiger partial charge in [-0.3, -0.25) is 9.35 Å². The normalized spacial score (nSPS) is 33.6. The molecule has 0 saturated heterocycles. The third-order valence-electron chi connectivity index (χ3n) is 6.39.